The highest BCUT2D eigenvalue weighted by Gasteiger charge is 2.17. The van der Waals surface area contributed by atoms with Gasteiger partial charge in [-0.3, -0.25) is 9.59 Å². The van der Waals surface area contributed by atoms with Crippen molar-refractivity contribution in [1.82, 2.24) is 0 Å². The van der Waals surface area contributed by atoms with Gasteiger partial charge in [0.05, 0.1) is 0 Å². The Labute approximate surface area is 111 Å². The molecule has 1 rings (SSSR count). The zero-order valence-corrected chi connectivity index (χ0v) is 11.0. The lowest BCUT2D eigenvalue weighted by Crippen LogP contribution is -2.35. The van der Waals surface area contributed by atoms with Crippen molar-refractivity contribution in [2.24, 2.45) is 0 Å². The van der Waals surface area contributed by atoms with Gasteiger partial charge in [0, 0.05) is 17.1 Å². The van der Waals surface area contributed by atoms with Gasteiger partial charge in [-0.1, -0.05) is 24.9 Å². The zero-order valence-electron chi connectivity index (χ0n) is 10.2. The van der Waals surface area contributed by atoms with E-state index in [1.807, 2.05) is 6.92 Å². The molecule has 1 aromatic rings. The number of hydrogen-bond acceptors (Lipinski definition) is 2. The number of amides is 1. The van der Waals surface area contributed by atoms with Crippen LogP contribution in [0.1, 0.15) is 26.2 Å². The summed E-state index contributed by atoms with van der Waals surface area (Å²) in [5, 5.41) is 9.41. The third kappa shape index (κ3) is 4.37. The van der Waals surface area contributed by atoms with Crippen LogP contribution in [-0.2, 0) is 9.59 Å². The Morgan fingerprint density at radius 2 is 1.89 bits per heavy atom. The van der Waals surface area contributed by atoms with E-state index in [2.05, 4.69) is 0 Å². The third-order valence-electron chi connectivity index (χ3n) is 2.48. The van der Waals surface area contributed by atoms with Crippen LogP contribution in [0.5, 0.6) is 0 Å². The number of carbonyl (C=O) groups is 2. The maximum atomic E-state index is 12.0. The van der Waals surface area contributed by atoms with E-state index in [0.717, 1.165) is 12.8 Å². The molecule has 0 aromatic heterocycles. The third-order valence-corrected chi connectivity index (χ3v) is 2.73. The van der Waals surface area contributed by atoms with E-state index in [9.17, 15) is 9.59 Å². The highest BCUT2D eigenvalue weighted by Crippen LogP contribution is 2.19. The van der Waals surface area contributed by atoms with Crippen LogP contribution in [0.2, 0.25) is 5.02 Å². The van der Waals surface area contributed by atoms with Crippen LogP contribution >= 0.6 is 11.6 Å². The number of benzene rings is 1. The van der Waals surface area contributed by atoms with Crippen molar-refractivity contribution < 1.29 is 14.7 Å². The standard InChI is InChI=1S/C13H16ClNO3/c1-2-3-4-12(16)15(9-13(17)18)11-7-5-10(14)6-8-11/h5-8H,2-4,9H2,1H3,(H,17,18). The number of rotatable bonds is 6. The van der Waals surface area contributed by atoms with E-state index in [1.165, 1.54) is 4.90 Å². The molecule has 0 spiro atoms. The zero-order chi connectivity index (χ0) is 13.5. The number of halogens is 1. The van der Waals surface area contributed by atoms with Gasteiger partial charge in [-0.25, -0.2) is 0 Å². The molecule has 0 bridgehead atoms. The van der Waals surface area contributed by atoms with Gasteiger partial charge in [-0.05, 0) is 30.7 Å². The maximum Gasteiger partial charge on any atom is 0.323 e. The average molecular weight is 270 g/mol. The Kier molecular flexibility index (Phi) is 5.65. The molecule has 0 heterocycles. The molecule has 0 fully saturated rings. The highest BCUT2D eigenvalue weighted by molar-refractivity contribution is 6.30. The summed E-state index contributed by atoms with van der Waals surface area (Å²) < 4.78 is 0. The van der Waals surface area contributed by atoms with Gasteiger partial charge in [0.25, 0.3) is 0 Å². The minimum atomic E-state index is -1.03. The number of nitrogens with zero attached hydrogens (tertiary/aromatic N) is 1. The van der Waals surface area contributed by atoms with Gasteiger partial charge < -0.3 is 10.0 Å². The number of aliphatic carboxylic acids is 1. The molecule has 98 valence electrons. The first-order chi connectivity index (χ1) is 8.54. The van der Waals surface area contributed by atoms with Gasteiger partial charge in [0.15, 0.2) is 0 Å². The lowest BCUT2D eigenvalue weighted by atomic mass is 10.2. The van der Waals surface area contributed by atoms with Crippen molar-refractivity contribution in [3.8, 4) is 0 Å². The fourth-order valence-electron chi connectivity index (χ4n) is 1.54. The number of carboxylic acids is 1. The van der Waals surface area contributed by atoms with E-state index in [-0.39, 0.29) is 12.5 Å². The summed E-state index contributed by atoms with van der Waals surface area (Å²) in [5.74, 6) is -1.21. The predicted octanol–water partition coefficient (Wildman–Crippen LogP) is 2.95. The molecule has 0 atom stereocenters. The van der Waals surface area contributed by atoms with Crippen LogP contribution in [0.15, 0.2) is 24.3 Å². The van der Waals surface area contributed by atoms with Crippen LogP contribution in [0.25, 0.3) is 0 Å². The molecular formula is C13H16ClNO3. The van der Waals surface area contributed by atoms with Crippen LogP contribution < -0.4 is 4.90 Å². The topological polar surface area (TPSA) is 57.6 Å². The van der Waals surface area contributed by atoms with Crippen molar-refractivity contribution in [2.75, 3.05) is 11.4 Å². The summed E-state index contributed by atoms with van der Waals surface area (Å²) in [6, 6.07) is 6.57. The Bertz CT molecular complexity index is 417. The molecule has 0 aliphatic carbocycles. The van der Waals surface area contributed by atoms with E-state index < -0.39 is 5.97 Å². The van der Waals surface area contributed by atoms with E-state index in [4.69, 9.17) is 16.7 Å². The first kappa shape index (κ1) is 14.5. The van der Waals surface area contributed by atoms with Gasteiger partial charge in [0.1, 0.15) is 6.54 Å². The number of carbonyl (C=O) groups excluding carboxylic acids is 1. The normalized spacial score (nSPS) is 10.1. The minimum absolute atomic E-state index is 0.179. The fraction of sp³-hybridized carbons (Fsp3) is 0.385. The summed E-state index contributed by atoms with van der Waals surface area (Å²) >= 11 is 5.77. The molecule has 0 aliphatic heterocycles. The lowest BCUT2D eigenvalue weighted by Gasteiger charge is -2.20. The molecule has 18 heavy (non-hydrogen) atoms. The molecule has 0 aliphatic rings. The fourth-order valence-corrected chi connectivity index (χ4v) is 1.67. The van der Waals surface area contributed by atoms with Gasteiger partial charge in [0.2, 0.25) is 5.91 Å². The molecule has 1 aromatic carbocycles. The first-order valence-corrected chi connectivity index (χ1v) is 6.20. The number of hydrogen-bond donors (Lipinski definition) is 1. The van der Waals surface area contributed by atoms with E-state index in [1.54, 1.807) is 24.3 Å². The Balaban J connectivity index is 2.86. The predicted molar refractivity (Wildman–Crippen MR) is 71.0 cm³/mol. The second-order valence-electron chi connectivity index (χ2n) is 3.95. The van der Waals surface area contributed by atoms with E-state index in [0.29, 0.717) is 17.1 Å². The second kappa shape index (κ2) is 7.01. The van der Waals surface area contributed by atoms with Crippen LogP contribution in [0.4, 0.5) is 5.69 Å². The second-order valence-corrected chi connectivity index (χ2v) is 4.39. The summed E-state index contributed by atoms with van der Waals surface area (Å²) in [5.41, 5.74) is 0.558. The average Bonchev–Trinajstić information content (AvgIpc) is 2.34. The molecule has 1 amide bonds. The monoisotopic (exact) mass is 269 g/mol. The van der Waals surface area contributed by atoms with Crippen LogP contribution in [0.3, 0.4) is 0 Å². The van der Waals surface area contributed by atoms with Crippen molar-refractivity contribution >= 4 is 29.2 Å². The molecule has 1 N–H and O–H groups in total. The highest BCUT2D eigenvalue weighted by atomic mass is 35.5. The minimum Gasteiger partial charge on any atom is -0.480 e. The van der Waals surface area contributed by atoms with Crippen LogP contribution in [0, 0.1) is 0 Å². The van der Waals surface area contributed by atoms with Crippen molar-refractivity contribution in [2.45, 2.75) is 26.2 Å². The molecule has 4 nitrogen and oxygen atoms in total. The summed E-state index contributed by atoms with van der Waals surface area (Å²) in [6.07, 6.45) is 2.00. The Morgan fingerprint density at radius 3 is 2.39 bits per heavy atom. The summed E-state index contributed by atoms with van der Waals surface area (Å²) in [4.78, 5) is 24.0. The molecule has 0 radical (unpaired) electrons. The smallest absolute Gasteiger partial charge is 0.323 e. The Morgan fingerprint density at radius 1 is 1.28 bits per heavy atom. The number of carboxylic acid groups (broad SMARTS) is 1. The van der Waals surface area contributed by atoms with E-state index >= 15 is 0 Å². The number of anilines is 1. The van der Waals surface area contributed by atoms with Gasteiger partial charge in [-0.2, -0.15) is 0 Å². The summed E-state index contributed by atoms with van der Waals surface area (Å²) in [6.45, 7) is 1.65. The molecular weight excluding hydrogens is 254 g/mol. The quantitative estimate of drug-likeness (QED) is 0.864. The molecule has 0 unspecified atom stereocenters. The maximum absolute atomic E-state index is 12.0. The molecule has 0 saturated heterocycles. The number of unbranched alkanes of at least 4 members (excludes halogenated alkanes) is 1. The van der Waals surface area contributed by atoms with Crippen molar-refractivity contribution in [1.29, 1.82) is 0 Å². The van der Waals surface area contributed by atoms with Gasteiger partial charge in [-0.15, -0.1) is 0 Å². The first-order valence-electron chi connectivity index (χ1n) is 5.82. The molecule has 0 saturated carbocycles. The van der Waals surface area contributed by atoms with Crippen molar-refractivity contribution in [3.05, 3.63) is 29.3 Å². The summed E-state index contributed by atoms with van der Waals surface area (Å²) in [7, 11) is 0. The molecule has 5 heteroatoms. The SMILES string of the molecule is CCCCC(=O)N(CC(=O)O)c1ccc(Cl)cc1. The Hall–Kier alpha value is -1.55. The van der Waals surface area contributed by atoms with Crippen molar-refractivity contribution in [3.63, 3.8) is 0 Å². The largest absolute Gasteiger partial charge is 0.480 e. The van der Waals surface area contributed by atoms with Gasteiger partial charge >= 0.3 is 5.97 Å². The lowest BCUT2D eigenvalue weighted by molar-refractivity contribution is -0.136. The van der Waals surface area contributed by atoms with Crippen LogP contribution in [-0.4, -0.2) is 23.5 Å².